The monoisotopic (exact) mass is 231 g/mol. The lowest BCUT2D eigenvalue weighted by Gasteiger charge is -2.28. The first-order chi connectivity index (χ1) is 8.24. The standard InChI is InChI=1S/C11H13N5O/c1-8-12-4-9-7-15(2-3-16(8)9)11-13-5-10(17)6-14-11/h4-6,17H,2-3,7H2,1H3. The van der Waals surface area contributed by atoms with E-state index in [4.69, 9.17) is 5.11 Å². The summed E-state index contributed by atoms with van der Waals surface area (Å²) in [5, 5.41) is 9.16. The van der Waals surface area contributed by atoms with Crippen LogP contribution in [-0.4, -0.2) is 31.2 Å². The Morgan fingerprint density at radius 1 is 1.12 bits per heavy atom. The molecule has 0 aliphatic carbocycles. The normalized spacial score (nSPS) is 14.8. The van der Waals surface area contributed by atoms with Gasteiger partial charge in [-0.15, -0.1) is 0 Å². The summed E-state index contributed by atoms with van der Waals surface area (Å²) in [6.45, 7) is 4.52. The van der Waals surface area contributed by atoms with Crippen molar-refractivity contribution in [3.05, 3.63) is 30.1 Å². The molecule has 2 aromatic rings. The lowest BCUT2D eigenvalue weighted by atomic mass is 10.3. The molecule has 1 aliphatic rings. The highest BCUT2D eigenvalue weighted by Gasteiger charge is 2.19. The Morgan fingerprint density at radius 3 is 2.65 bits per heavy atom. The quantitative estimate of drug-likeness (QED) is 0.782. The van der Waals surface area contributed by atoms with Crippen molar-refractivity contribution in [3.63, 3.8) is 0 Å². The van der Waals surface area contributed by atoms with Gasteiger partial charge in [0.2, 0.25) is 5.95 Å². The van der Waals surface area contributed by atoms with Crippen LogP contribution in [0.15, 0.2) is 18.6 Å². The predicted molar refractivity (Wildman–Crippen MR) is 61.7 cm³/mol. The number of nitrogens with zero attached hydrogens (tertiary/aromatic N) is 5. The molecule has 0 atom stereocenters. The summed E-state index contributed by atoms with van der Waals surface area (Å²) in [7, 11) is 0. The Hall–Kier alpha value is -2.11. The lowest BCUT2D eigenvalue weighted by molar-refractivity contribution is 0.468. The molecule has 1 N–H and O–H groups in total. The number of fused-ring (bicyclic) bond motifs is 1. The predicted octanol–water partition coefficient (Wildman–Crippen LogP) is 0.707. The van der Waals surface area contributed by atoms with Gasteiger partial charge in [-0.25, -0.2) is 15.0 Å². The maximum absolute atomic E-state index is 9.16. The minimum atomic E-state index is 0.0895. The first-order valence-electron chi connectivity index (χ1n) is 5.51. The van der Waals surface area contributed by atoms with E-state index in [1.165, 1.54) is 18.1 Å². The fourth-order valence-electron chi connectivity index (χ4n) is 2.09. The molecule has 0 bridgehead atoms. The number of hydrogen-bond acceptors (Lipinski definition) is 5. The summed E-state index contributed by atoms with van der Waals surface area (Å²) < 4.78 is 2.21. The molecule has 2 aromatic heterocycles. The van der Waals surface area contributed by atoms with E-state index in [-0.39, 0.29) is 5.75 Å². The zero-order valence-electron chi connectivity index (χ0n) is 9.54. The van der Waals surface area contributed by atoms with Crippen molar-refractivity contribution >= 4 is 5.95 Å². The molecule has 1 aliphatic heterocycles. The van der Waals surface area contributed by atoms with Crippen LogP contribution >= 0.6 is 0 Å². The number of rotatable bonds is 1. The van der Waals surface area contributed by atoms with Gasteiger partial charge >= 0.3 is 0 Å². The van der Waals surface area contributed by atoms with Gasteiger partial charge in [0.1, 0.15) is 5.82 Å². The van der Waals surface area contributed by atoms with Crippen LogP contribution in [0.3, 0.4) is 0 Å². The molecule has 0 spiro atoms. The number of imidazole rings is 1. The second-order valence-corrected chi connectivity index (χ2v) is 4.11. The minimum Gasteiger partial charge on any atom is -0.505 e. The van der Waals surface area contributed by atoms with Gasteiger partial charge in [0.25, 0.3) is 0 Å². The molecule has 6 nitrogen and oxygen atoms in total. The molecule has 3 heterocycles. The first kappa shape index (κ1) is 10.1. The maximum atomic E-state index is 9.16. The fraction of sp³-hybridized carbons (Fsp3) is 0.364. The Morgan fingerprint density at radius 2 is 1.88 bits per heavy atom. The van der Waals surface area contributed by atoms with E-state index in [1.54, 1.807) is 0 Å². The van der Waals surface area contributed by atoms with E-state index < -0.39 is 0 Å². The van der Waals surface area contributed by atoms with Gasteiger partial charge < -0.3 is 14.6 Å². The first-order valence-corrected chi connectivity index (χ1v) is 5.51. The van der Waals surface area contributed by atoms with Gasteiger partial charge in [0.15, 0.2) is 5.75 Å². The second kappa shape index (κ2) is 3.73. The SMILES string of the molecule is Cc1ncc2n1CCN(c1ncc(O)cn1)C2. The average Bonchev–Trinajstić information content (AvgIpc) is 2.72. The summed E-state index contributed by atoms with van der Waals surface area (Å²) >= 11 is 0. The van der Waals surface area contributed by atoms with Crippen LogP contribution in [0.4, 0.5) is 5.95 Å². The van der Waals surface area contributed by atoms with Crippen molar-refractivity contribution in [1.82, 2.24) is 19.5 Å². The molecule has 6 heteroatoms. The van der Waals surface area contributed by atoms with E-state index in [1.807, 2.05) is 13.1 Å². The van der Waals surface area contributed by atoms with Crippen molar-refractivity contribution < 1.29 is 5.11 Å². The van der Waals surface area contributed by atoms with E-state index in [2.05, 4.69) is 24.4 Å². The Kier molecular flexibility index (Phi) is 2.21. The van der Waals surface area contributed by atoms with Gasteiger partial charge in [-0.3, -0.25) is 0 Å². The Bertz CT molecular complexity index is 533. The van der Waals surface area contributed by atoms with Crippen LogP contribution in [0.2, 0.25) is 0 Å². The van der Waals surface area contributed by atoms with Crippen LogP contribution in [0.5, 0.6) is 5.75 Å². The highest BCUT2D eigenvalue weighted by atomic mass is 16.3. The maximum Gasteiger partial charge on any atom is 0.225 e. The van der Waals surface area contributed by atoms with Gasteiger partial charge in [-0.1, -0.05) is 0 Å². The van der Waals surface area contributed by atoms with Crippen LogP contribution in [-0.2, 0) is 13.1 Å². The number of aryl methyl sites for hydroxylation is 1. The summed E-state index contributed by atoms with van der Waals surface area (Å²) in [6, 6.07) is 0. The van der Waals surface area contributed by atoms with Crippen LogP contribution in [0.25, 0.3) is 0 Å². The van der Waals surface area contributed by atoms with Crippen molar-refractivity contribution in [2.75, 3.05) is 11.4 Å². The van der Waals surface area contributed by atoms with Crippen molar-refractivity contribution in [2.45, 2.75) is 20.0 Å². The van der Waals surface area contributed by atoms with Crippen LogP contribution in [0, 0.1) is 6.92 Å². The zero-order chi connectivity index (χ0) is 11.8. The van der Waals surface area contributed by atoms with E-state index in [0.29, 0.717) is 5.95 Å². The number of aromatic hydroxyl groups is 1. The Labute approximate surface area is 98.6 Å². The number of anilines is 1. The lowest BCUT2D eigenvalue weighted by Crippen LogP contribution is -2.34. The van der Waals surface area contributed by atoms with Crippen molar-refractivity contribution in [3.8, 4) is 5.75 Å². The summed E-state index contributed by atoms with van der Waals surface area (Å²) in [6.07, 6.45) is 4.72. The third kappa shape index (κ3) is 1.71. The van der Waals surface area contributed by atoms with E-state index in [9.17, 15) is 0 Å². The molecule has 0 saturated carbocycles. The van der Waals surface area contributed by atoms with Gasteiger partial charge in [0, 0.05) is 13.1 Å². The smallest absolute Gasteiger partial charge is 0.225 e. The van der Waals surface area contributed by atoms with Crippen LogP contribution in [0.1, 0.15) is 11.5 Å². The van der Waals surface area contributed by atoms with Gasteiger partial charge in [-0.05, 0) is 6.92 Å². The highest BCUT2D eigenvalue weighted by molar-refractivity contribution is 5.33. The molecule has 0 saturated heterocycles. The number of aromatic nitrogens is 4. The molecule has 0 amide bonds. The summed E-state index contributed by atoms with van der Waals surface area (Å²) in [5.74, 6) is 1.78. The molecule has 0 unspecified atom stereocenters. The molecule has 0 radical (unpaired) electrons. The largest absolute Gasteiger partial charge is 0.505 e. The topological polar surface area (TPSA) is 67.1 Å². The minimum absolute atomic E-state index is 0.0895. The van der Waals surface area contributed by atoms with Crippen molar-refractivity contribution in [1.29, 1.82) is 0 Å². The third-order valence-electron chi connectivity index (χ3n) is 2.99. The van der Waals surface area contributed by atoms with Gasteiger partial charge in [0.05, 0.1) is 30.8 Å². The molecule has 17 heavy (non-hydrogen) atoms. The molecule has 3 rings (SSSR count). The third-order valence-corrected chi connectivity index (χ3v) is 2.99. The summed E-state index contributed by atoms with van der Waals surface area (Å²) in [5.41, 5.74) is 1.17. The van der Waals surface area contributed by atoms with Crippen molar-refractivity contribution in [2.24, 2.45) is 0 Å². The molecule has 88 valence electrons. The fourth-order valence-corrected chi connectivity index (χ4v) is 2.09. The molecule has 0 fully saturated rings. The highest BCUT2D eigenvalue weighted by Crippen LogP contribution is 2.19. The second-order valence-electron chi connectivity index (χ2n) is 4.11. The number of hydrogen-bond donors (Lipinski definition) is 1. The van der Waals surface area contributed by atoms with Crippen LogP contribution < -0.4 is 4.90 Å². The zero-order valence-corrected chi connectivity index (χ0v) is 9.54. The van der Waals surface area contributed by atoms with Gasteiger partial charge in [-0.2, -0.15) is 0 Å². The Balaban J connectivity index is 1.86. The molecule has 0 aromatic carbocycles. The molecular formula is C11H13N5O. The average molecular weight is 231 g/mol. The van der Waals surface area contributed by atoms with E-state index in [0.717, 1.165) is 25.5 Å². The molecular weight excluding hydrogens is 218 g/mol. The summed E-state index contributed by atoms with van der Waals surface area (Å²) in [4.78, 5) is 14.6. The van der Waals surface area contributed by atoms with E-state index >= 15 is 0 Å².